The fourth-order valence-electron chi connectivity index (χ4n) is 3.59. The van der Waals surface area contributed by atoms with Gasteiger partial charge in [0.05, 0.1) is 10.6 Å². The van der Waals surface area contributed by atoms with Crippen molar-refractivity contribution < 1.29 is 8.42 Å². The minimum absolute atomic E-state index is 0.161. The summed E-state index contributed by atoms with van der Waals surface area (Å²) in [6.07, 6.45) is 3.51. The van der Waals surface area contributed by atoms with E-state index in [9.17, 15) is 8.42 Å². The third kappa shape index (κ3) is 1.62. The number of hydrogen-bond acceptors (Lipinski definition) is 3. The topological polar surface area (TPSA) is 46.2 Å². The van der Waals surface area contributed by atoms with Crippen molar-refractivity contribution in [2.45, 2.75) is 30.1 Å². The molecule has 1 aromatic rings. The first-order chi connectivity index (χ1) is 8.59. The second-order valence-electron chi connectivity index (χ2n) is 5.62. The predicted molar refractivity (Wildman–Crippen MR) is 71.4 cm³/mol. The molecule has 4 heteroatoms. The second-order valence-corrected chi connectivity index (χ2v) is 7.62. The highest BCUT2D eigenvalue weighted by molar-refractivity contribution is 7.91. The van der Waals surface area contributed by atoms with E-state index in [1.54, 1.807) is 6.07 Å². The molecule has 1 N–H and O–H groups in total. The fraction of sp³-hybridized carbons (Fsp3) is 0.571. The molecule has 18 heavy (non-hydrogen) atoms. The highest BCUT2D eigenvalue weighted by Gasteiger charge is 2.50. The summed E-state index contributed by atoms with van der Waals surface area (Å²) in [7, 11) is -1.11. The van der Waals surface area contributed by atoms with E-state index in [1.807, 2.05) is 25.2 Å². The number of sulfone groups is 1. The lowest BCUT2D eigenvalue weighted by Gasteiger charge is -2.46. The molecule has 0 bridgehead atoms. The summed E-state index contributed by atoms with van der Waals surface area (Å²) >= 11 is 0. The smallest absolute Gasteiger partial charge is 0.179 e. The Morgan fingerprint density at radius 1 is 1.33 bits per heavy atom. The van der Waals surface area contributed by atoms with Crippen molar-refractivity contribution in [2.75, 3.05) is 19.3 Å². The van der Waals surface area contributed by atoms with Crippen molar-refractivity contribution in [2.24, 2.45) is 5.41 Å². The number of nitrogens with one attached hydrogen (secondary N) is 1. The van der Waals surface area contributed by atoms with Gasteiger partial charge < -0.3 is 5.32 Å². The molecule has 1 aliphatic carbocycles. The van der Waals surface area contributed by atoms with Gasteiger partial charge in [0.25, 0.3) is 0 Å². The maximum absolute atomic E-state index is 12.2. The van der Waals surface area contributed by atoms with Crippen LogP contribution in [-0.2, 0) is 9.84 Å². The van der Waals surface area contributed by atoms with Crippen LogP contribution in [0.15, 0.2) is 29.2 Å². The van der Waals surface area contributed by atoms with Crippen molar-refractivity contribution >= 4 is 9.84 Å². The Morgan fingerprint density at radius 2 is 2.06 bits per heavy atom. The first kappa shape index (κ1) is 12.2. The number of hydrogen-bond donors (Lipinski definition) is 1. The van der Waals surface area contributed by atoms with Crippen LogP contribution in [0.3, 0.4) is 0 Å². The van der Waals surface area contributed by atoms with Gasteiger partial charge in [0.1, 0.15) is 0 Å². The van der Waals surface area contributed by atoms with E-state index < -0.39 is 9.84 Å². The SMILES string of the molecule is CNCC1(C2CS(=O)(=O)c3ccccc32)CCC1. The van der Waals surface area contributed by atoms with Gasteiger partial charge in [-0.1, -0.05) is 24.6 Å². The molecule has 3 nitrogen and oxygen atoms in total. The Bertz CT molecular complexity index is 561. The maximum atomic E-state index is 12.2. The third-order valence-electron chi connectivity index (χ3n) is 4.63. The zero-order valence-corrected chi connectivity index (χ0v) is 11.5. The third-order valence-corrected chi connectivity index (χ3v) is 6.45. The van der Waals surface area contributed by atoms with Gasteiger partial charge in [-0.05, 0) is 36.9 Å². The van der Waals surface area contributed by atoms with Crippen molar-refractivity contribution in [3.8, 4) is 0 Å². The van der Waals surface area contributed by atoms with Crippen LogP contribution in [0.4, 0.5) is 0 Å². The first-order valence-corrected chi connectivity index (χ1v) is 8.21. The molecule has 1 atom stereocenters. The lowest BCUT2D eigenvalue weighted by Crippen LogP contribution is -2.44. The minimum atomic E-state index is -3.06. The van der Waals surface area contributed by atoms with Gasteiger partial charge in [-0.3, -0.25) is 0 Å². The molecule has 0 amide bonds. The number of rotatable bonds is 3. The molecular weight excluding hydrogens is 246 g/mol. The molecule has 1 aliphatic heterocycles. The van der Waals surface area contributed by atoms with Gasteiger partial charge in [0, 0.05) is 12.5 Å². The van der Waals surface area contributed by atoms with Crippen molar-refractivity contribution in [1.82, 2.24) is 5.32 Å². The zero-order valence-electron chi connectivity index (χ0n) is 10.6. The summed E-state index contributed by atoms with van der Waals surface area (Å²) in [6, 6.07) is 7.54. The maximum Gasteiger partial charge on any atom is 0.179 e. The van der Waals surface area contributed by atoms with Crippen LogP contribution in [0.1, 0.15) is 30.7 Å². The van der Waals surface area contributed by atoms with Crippen LogP contribution in [0.25, 0.3) is 0 Å². The normalized spacial score (nSPS) is 27.5. The van der Waals surface area contributed by atoms with E-state index in [1.165, 1.54) is 6.42 Å². The standard InChI is InChI=1S/C14H19NO2S/c1-15-10-14(7-4-8-14)12-9-18(16,17)13-6-3-2-5-11(12)13/h2-3,5-6,12,15H,4,7-10H2,1H3. The Hall–Kier alpha value is -0.870. The van der Waals surface area contributed by atoms with Crippen LogP contribution >= 0.6 is 0 Å². The summed E-state index contributed by atoms with van der Waals surface area (Å²) in [5, 5.41) is 3.25. The number of benzene rings is 1. The Kier molecular flexibility index (Phi) is 2.75. The van der Waals surface area contributed by atoms with E-state index in [-0.39, 0.29) is 11.3 Å². The summed E-state index contributed by atoms with van der Waals surface area (Å²) in [5.74, 6) is 0.480. The van der Waals surface area contributed by atoms with Gasteiger partial charge in [-0.2, -0.15) is 0 Å². The second kappa shape index (κ2) is 4.07. The van der Waals surface area contributed by atoms with Gasteiger partial charge >= 0.3 is 0 Å². The van der Waals surface area contributed by atoms with E-state index in [0.717, 1.165) is 24.9 Å². The van der Waals surface area contributed by atoms with Crippen LogP contribution in [-0.4, -0.2) is 27.8 Å². The lowest BCUT2D eigenvalue weighted by atomic mass is 9.60. The average molecular weight is 265 g/mol. The van der Waals surface area contributed by atoms with Gasteiger partial charge in [-0.15, -0.1) is 0 Å². The molecule has 0 saturated heterocycles. The Morgan fingerprint density at radius 3 is 2.67 bits per heavy atom. The lowest BCUT2D eigenvalue weighted by molar-refractivity contribution is 0.102. The van der Waals surface area contributed by atoms with Crippen LogP contribution in [0.2, 0.25) is 0 Å². The van der Waals surface area contributed by atoms with E-state index in [2.05, 4.69) is 5.32 Å². The molecule has 1 unspecified atom stereocenters. The Labute approximate surface area is 109 Å². The highest BCUT2D eigenvalue weighted by Crippen LogP contribution is 2.55. The monoisotopic (exact) mass is 265 g/mol. The van der Waals surface area contributed by atoms with Gasteiger partial charge in [0.2, 0.25) is 0 Å². The molecule has 2 aliphatic rings. The number of fused-ring (bicyclic) bond motifs is 1. The predicted octanol–water partition coefficient (Wildman–Crippen LogP) is 1.95. The molecule has 1 fully saturated rings. The molecule has 0 aromatic heterocycles. The molecule has 0 radical (unpaired) electrons. The molecule has 1 saturated carbocycles. The van der Waals surface area contributed by atoms with Crippen molar-refractivity contribution in [3.05, 3.63) is 29.8 Å². The Balaban J connectivity index is 2.06. The van der Waals surface area contributed by atoms with Crippen molar-refractivity contribution in [3.63, 3.8) is 0 Å². The van der Waals surface area contributed by atoms with E-state index >= 15 is 0 Å². The quantitative estimate of drug-likeness (QED) is 0.908. The first-order valence-electron chi connectivity index (χ1n) is 6.55. The minimum Gasteiger partial charge on any atom is -0.319 e. The molecule has 1 aromatic carbocycles. The highest BCUT2D eigenvalue weighted by atomic mass is 32.2. The van der Waals surface area contributed by atoms with Crippen LogP contribution < -0.4 is 5.32 Å². The molecular formula is C14H19NO2S. The van der Waals surface area contributed by atoms with E-state index in [4.69, 9.17) is 0 Å². The summed E-state index contributed by atoms with van der Waals surface area (Å²) < 4.78 is 24.5. The molecule has 3 rings (SSSR count). The van der Waals surface area contributed by atoms with Crippen LogP contribution in [0, 0.1) is 5.41 Å². The summed E-state index contributed by atoms with van der Waals surface area (Å²) in [4.78, 5) is 0.567. The van der Waals surface area contributed by atoms with Gasteiger partial charge in [0.15, 0.2) is 9.84 Å². The molecule has 98 valence electrons. The molecule has 0 spiro atoms. The average Bonchev–Trinajstić information content (AvgIpc) is 2.57. The zero-order chi connectivity index (χ0) is 12.8. The van der Waals surface area contributed by atoms with Crippen molar-refractivity contribution in [1.29, 1.82) is 0 Å². The van der Waals surface area contributed by atoms with Gasteiger partial charge in [-0.25, -0.2) is 8.42 Å². The largest absolute Gasteiger partial charge is 0.319 e. The molecule has 1 heterocycles. The fourth-order valence-corrected chi connectivity index (χ4v) is 5.60. The van der Waals surface area contributed by atoms with Crippen LogP contribution in [0.5, 0.6) is 0 Å². The summed E-state index contributed by atoms with van der Waals surface area (Å²) in [6.45, 7) is 0.918. The van der Waals surface area contributed by atoms with E-state index in [0.29, 0.717) is 10.6 Å². The summed E-state index contributed by atoms with van der Waals surface area (Å²) in [5.41, 5.74) is 1.21.